The fourth-order valence-corrected chi connectivity index (χ4v) is 4.63. The molecule has 0 saturated carbocycles. The number of carbonyl (C=O) groups excluding carboxylic acids is 2. The average molecular weight is 460 g/mol. The largest absolute Gasteiger partial charge is 0.288 e. The van der Waals surface area contributed by atoms with Gasteiger partial charge >= 0.3 is 0 Å². The van der Waals surface area contributed by atoms with Gasteiger partial charge in [-0.25, -0.2) is 9.67 Å². The predicted octanol–water partition coefficient (Wildman–Crippen LogP) is 5.08. The van der Waals surface area contributed by atoms with Gasteiger partial charge in [0.05, 0.1) is 27.3 Å². The number of nitrogens with zero attached hydrogens (tertiary/aromatic N) is 4. The number of ketones is 2. The lowest BCUT2D eigenvalue weighted by Gasteiger charge is -2.20. The zero-order chi connectivity index (χ0) is 24.3. The van der Waals surface area contributed by atoms with Crippen LogP contribution in [-0.4, -0.2) is 31.3 Å². The first-order valence-electron chi connectivity index (χ1n) is 10.9. The molecular formula is C27H16N4O4. The van der Waals surface area contributed by atoms with E-state index in [1.54, 1.807) is 41.1 Å². The molecule has 2 heterocycles. The Morgan fingerprint density at radius 2 is 1.43 bits per heavy atom. The van der Waals surface area contributed by atoms with Crippen LogP contribution in [0.3, 0.4) is 0 Å². The minimum Gasteiger partial charge on any atom is -0.288 e. The minimum absolute atomic E-state index is 0.0478. The number of hydrogen-bond donors (Lipinski definition) is 0. The Hall–Kier alpha value is -4.98. The van der Waals surface area contributed by atoms with E-state index in [1.165, 1.54) is 12.1 Å². The van der Waals surface area contributed by atoms with Crippen LogP contribution in [0, 0.1) is 17.0 Å². The Labute approximate surface area is 198 Å². The van der Waals surface area contributed by atoms with Crippen molar-refractivity contribution in [2.75, 3.05) is 0 Å². The first-order valence-corrected chi connectivity index (χ1v) is 10.9. The maximum Gasteiger partial charge on any atom is 0.269 e. The standard InChI is InChI=1S/C27H16N4O4/c1-15-21-22(16-11-13-18(14-12-16)31(34)35)23-24(26(33)20-10-6-5-9-19(20)25(23)32)28-27(21)30(29-15)17-7-3-2-4-8-17/h2-14H,1H3. The zero-order valence-corrected chi connectivity index (χ0v) is 18.4. The van der Waals surface area contributed by atoms with Gasteiger partial charge in [-0.3, -0.25) is 19.7 Å². The van der Waals surface area contributed by atoms with Gasteiger partial charge in [0.25, 0.3) is 5.69 Å². The molecule has 168 valence electrons. The monoisotopic (exact) mass is 460 g/mol. The highest BCUT2D eigenvalue weighted by Gasteiger charge is 2.36. The molecule has 5 aromatic rings. The molecule has 0 radical (unpaired) electrons. The SMILES string of the molecule is Cc1nn(-c2ccccc2)c2nc3c(c(-c4ccc([N+](=O)[O-])cc4)c12)C(=O)c1ccccc1C3=O. The fourth-order valence-electron chi connectivity index (χ4n) is 4.63. The van der Waals surface area contributed by atoms with Gasteiger partial charge < -0.3 is 0 Å². The van der Waals surface area contributed by atoms with Crippen molar-refractivity contribution < 1.29 is 14.5 Å². The topological polar surface area (TPSA) is 108 Å². The maximum atomic E-state index is 13.7. The Morgan fingerprint density at radius 1 is 0.800 bits per heavy atom. The number of aryl methyl sites for hydroxylation is 1. The van der Waals surface area contributed by atoms with Gasteiger partial charge in [-0.1, -0.05) is 42.5 Å². The molecule has 0 saturated heterocycles. The summed E-state index contributed by atoms with van der Waals surface area (Å²) in [5, 5.41) is 16.5. The van der Waals surface area contributed by atoms with Crippen molar-refractivity contribution >= 4 is 28.3 Å². The number of non-ortho nitro benzene ring substituents is 1. The van der Waals surface area contributed by atoms with Crippen LogP contribution in [-0.2, 0) is 0 Å². The zero-order valence-electron chi connectivity index (χ0n) is 18.4. The van der Waals surface area contributed by atoms with Crippen molar-refractivity contribution in [3.05, 3.63) is 117 Å². The second kappa shape index (κ2) is 7.53. The molecule has 8 heteroatoms. The number of pyridine rings is 1. The molecule has 2 aromatic heterocycles. The van der Waals surface area contributed by atoms with E-state index in [2.05, 4.69) is 5.10 Å². The number of hydrogen-bond acceptors (Lipinski definition) is 6. The van der Waals surface area contributed by atoms with Crippen LogP contribution in [0.5, 0.6) is 0 Å². The van der Waals surface area contributed by atoms with Crippen molar-refractivity contribution in [1.29, 1.82) is 0 Å². The predicted molar refractivity (Wildman–Crippen MR) is 129 cm³/mol. The molecule has 0 bridgehead atoms. The lowest BCUT2D eigenvalue weighted by molar-refractivity contribution is -0.384. The quantitative estimate of drug-likeness (QED) is 0.269. The lowest BCUT2D eigenvalue weighted by Crippen LogP contribution is -2.23. The molecule has 1 aliphatic carbocycles. The van der Waals surface area contributed by atoms with Gasteiger partial charge in [0.1, 0.15) is 5.69 Å². The number of para-hydroxylation sites is 1. The second-order valence-corrected chi connectivity index (χ2v) is 8.25. The normalized spacial score (nSPS) is 12.5. The van der Waals surface area contributed by atoms with Crippen LogP contribution in [0.25, 0.3) is 27.8 Å². The van der Waals surface area contributed by atoms with Crippen molar-refractivity contribution in [2.24, 2.45) is 0 Å². The van der Waals surface area contributed by atoms with Crippen molar-refractivity contribution in [3.63, 3.8) is 0 Å². The second-order valence-electron chi connectivity index (χ2n) is 8.25. The maximum absolute atomic E-state index is 13.7. The van der Waals surface area contributed by atoms with E-state index in [1.807, 2.05) is 37.3 Å². The molecule has 0 atom stereocenters. The van der Waals surface area contributed by atoms with Gasteiger partial charge in [0.2, 0.25) is 5.78 Å². The molecule has 3 aromatic carbocycles. The Morgan fingerprint density at radius 3 is 2.09 bits per heavy atom. The van der Waals surface area contributed by atoms with Crippen LogP contribution in [0.1, 0.15) is 37.7 Å². The van der Waals surface area contributed by atoms with E-state index in [0.717, 1.165) is 5.69 Å². The van der Waals surface area contributed by atoms with Crippen molar-refractivity contribution in [3.8, 4) is 16.8 Å². The number of carbonyl (C=O) groups is 2. The van der Waals surface area contributed by atoms with Crippen LogP contribution < -0.4 is 0 Å². The summed E-state index contributed by atoms with van der Waals surface area (Å²) in [4.78, 5) is 42.7. The number of nitro groups is 1. The first kappa shape index (κ1) is 20.6. The number of nitro benzene ring substituents is 1. The Balaban J connectivity index is 1.74. The van der Waals surface area contributed by atoms with Gasteiger partial charge in [-0.05, 0) is 36.8 Å². The molecule has 35 heavy (non-hydrogen) atoms. The number of fused-ring (bicyclic) bond motifs is 3. The third kappa shape index (κ3) is 3.00. The highest BCUT2D eigenvalue weighted by atomic mass is 16.6. The summed E-state index contributed by atoms with van der Waals surface area (Å²) in [5.74, 6) is -0.663. The summed E-state index contributed by atoms with van der Waals surface area (Å²) in [6, 6.07) is 22.0. The summed E-state index contributed by atoms with van der Waals surface area (Å²) in [7, 11) is 0. The summed E-state index contributed by atoms with van der Waals surface area (Å²) < 4.78 is 1.65. The summed E-state index contributed by atoms with van der Waals surface area (Å²) >= 11 is 0. The van der Waals surface area contributed by atoms with Crippen molar-refractivity contribution in [2.45, 2.75) is 6.92 Å². The molecule has 6 rings (SSSR count). The Bertz CT molecular complexity index is 1700. The molecule has 0 unspecified atom stereocenters. The highest BCUT2D eigenvalue weighted by Crippen LogP contribution is 2.40. The molecule has 0 fully saturated rings. The molecule has 0 aliphatic heterocycles. The van der Waals surface area contributed by atoms with Gasteiger partial charge in [-0.2, -0.15) is 5.10 Å². The third-order valence-corrected chi connectivity index (χ3v) is 6.22. The van der Waals surface area contributed by atoms with Crippen LogP contribution in [0.2, 0.25) is 0 Å². The highest BCUT2D eigenvalue weighted by molar-refractivity contribution is 6.31. The molecule has 0 N–H and O–H groups in total. The minimum atomic E-state index is -0.481. The third-order valence-electron chi connectivity index (χ3n) is 6.22. The smallest absolute Gasteiger partial charge is 0.269 e. The van der Waals surface area contributed by atoms with E-state index >= 15 is 0 Å². The molecule has 0 spiro atoms. The first-order chi connectivity index (χ1) is 17.0. The molecule has 1 aliphatic rings. The van der Waals surface area contributed by atoms with Gasteiger partial charge in [-0.15, -0.1) is 0 Å². The number of rotatable bonds is 3. The van der Waals surface area contributed by atoms with E-state index in [9.17, 15) is 19.7 Å². The summed E-state index contributed by atoms with van der Waals surface area (Å²) in [5.41, 5.74) is 3.63. The van der Waals surface area contributed by atoms with Gasteiger partial charge in [0.15, 0.2) is 11.4 Å². The van der Waals surface area contributed by atoms with Crippen LogP contribution in [0.4, 0.5) is 5.69 Å². The van der Waals surface area contributed by atoms with E-state index in [4.69, 9.17) is 4.98 Å². The summed E-state index contributed by atoms with van der Waals surface area (Å²) in [6.45, 7) is 1.81. The van der Waals surface area contributed by atoms with Crippen LogP contribution in [0.15, 0.2) is 78.9 Å². The average Bonchev–Trinajstić information content (AvgIpc) is 3.22. The van der Waals surface area contributed by atoms with Crippen LogP contribution >= 0.6 is 0 Å². The van der Waals surface area contributed by atoms with Gasteiger partial charge in [0, 0.05) is 28.8 Å². The van der Waals surface area contributed by atoms with Crippen molar-refractivity contribution in [1.82, 2.24) is 14.8 Å². The Kier molecular flexibility index (Phi) is 4.43. The number of benzene rings is 3. The van der Waals surface area contributed by atoms with E-state index in [0.29, 0.717) is 39.0 Å². The van der Waals surface area contributed by atoms with E-state index in [-0.39, 0.29) is 28.5 Å². The molecule has 8 nitrogen and oxygen atoms in total. The van der Waals surface area contributed by atoms with E-state index < -0.39 is 4.92 Å². The summed E-state index contributed by atoms with van der Waals surface area (Å²) in [6.07, 6.45) is 0. The molecular weight excluding hydrogens is 444 g/mol. The number of aromatic nitrogens is 3. The lowest BCUT2D eigenvalue weighted by atomic mass is 9.82. The molecule has 0 amide bonds. The fraction of sp³-hybridized carbons (Fsp3) is 0.0370.